The molecule has 0 aliphatic heterocycles. The van der Waals surface area contributed by atoms with Crippen molar-refractivity contribution < 1.29 is 0 Å². The lowest BCUT2D eigenvalue weighted by Crippen LogP contribution is -2.03. The molecule has 0 saturated heterocycles. The van der Waals surface area contributed by atoms with Crippen LogP contribution in [0.3, 0.4) is 0 Å². The third-order valence-corrected chi connectivity index (χ3v) is 2.88. The number of nitrogens with zero attached hydrogens (tertiary/aromatic N) is 6. The van der Waals surface area contributed by atoms with E-state index in [2.05, 4.69) is 30.4 Å². The second kappa shape index (κ2) is 5.66. The molecule has 0 spiro atoms. The van der Waals surface area contributed by atoms with Crippen molar-refractivity contribution in [1.82, 2.24) is 29.7 Å². The largest absolute Gasteiger partial charge is 0.370 e. The Balaban J connectivity index is 2.10. The highest BCUT2D eigenvalue weighted by atomic mass is 15.2. The summed E-state index contributed by atoms with van der Waals surface area (Å²) in [5.41, 5.74) is 2.38. The maximum absolute atomic E-state index is 4.56. The molecule has 0 fully saturated rings. The first kappa shape index (κ1) is 13.2. The summed E-state index contributed by atoms with van der Waals surface area (Å²) in [5.74, 6) is 1.30. The van der Waals surface area contributed by atoms with E-state index in [1.54, 1.807) is 29.5 Å². The molecule has 7 heteroatoms. The molecule has 0 radical (unpaired) electrons. The first-order valence-electron chi connectivity index (χ1n) is 6.64. The van der Waals surface area contributed by atoms with Crippen LogP contribution in [0.2, 0.25) is 0 Å². The van der Waals surface area contributed by atoms with Gasteiger partial charge in [0.05, 0.1) is 18.1 Å². The Labute approximate surface area is 122 Å². The summed E-state index contributed by atoms with van der Waals surface area (Å²) in [7, 11) is 1.87. The second-order valence-corrected chi connectivity index (χ2v) is 4.49. The quantitative estimate of drug-likeness (QED) is 0.785. The van der Waals surface area contributed by atoms with Crippen LogP contribution in [0.1, 0.15) is 6.92 Å². The Morgan fingerprint density at radius 2 is 2.05 bits per heavy atom. The number of aromatic nitrogens is 6. The number of rotatable bonds is 4. The Kier molecular flexibility index (Phi) is 3.55. The summed E-state index contributed by atoms with van der Waals surface area (Å²) in [4.78, 5) is 17.4. The summed E-state index contributed by atoms with van der Waals surface area (Å²) in [6.07, 6.45) is 8.59. The molecule has 0 amide bonds. The van der Waals surface area contributed by atoms with Gasteiger partial charge in [0, 0.05) is 43.8 Å². The zero-order valence-electron chi connectivity index (χ0n) is 11.9. The van der Waals surface area contributed by atoms with Gasteiger partial charge in [-0.15, -0.1) is 0 Å². The third kappa shape index (κ3) is 2.86. The Hall–Kier alpha value is -2.83. The van der Waals surface area contributed by atoms with Crippen LogP contribution in [0.15, 0.2) is 37.1 Å². The van der Waals surface area contributed by atoms with E-state index in [9.17, 15) is 0 Å². The molecule has 3 heterocycles. The van der Waals surface area contributed by atoms with E-state index in [0.717, 1.165) is 23.6 Å². The van der Waals surface area contributed by atoms with Gasteiger partial charge in [0.25, 0.3) is 0 Å². The van der Waals surface area contributed by atoms with Crippen molar-refractivity contribution >= 4 is 5.82 Å². The Morgan fingerprint density at radius 1 is 1.14 bits per heavy atom. The SMILES string of the molecule is CCNc1cc(-c2cnn(C)c2)nc(-c2cnccn2)n1. The fraction of sp³-hybridized carbons (Fsp3) is 0.214. The van der Waals surface area contributed by atoms with Gasteiger partial charge in [-0.05, 0) is 6.92 Å². The molecular weight excluding hydrogens is 266 g/mol. The summed E-state index contributed by atoms with van der Waals surface area (Å²) in [6, 6.07) is 1.90. The van der Waals surface area contributed by atoms with Gasteiger partial charge in [0.15, 0.2) is 5.82 Å². The predicted molar refractivity (Wildman–Crippen MR) is 79.4 cm³/mol. The van der Waals surface area contributed by atoms with Gasteiger partial charge >= 0.3 is 0 Å². The molecular formula is C14H15N7. The molecule has 0 aromatic carbocycles. The second-order valence-electron chi connectivity index (χ2n) is 4.49. The highest BCUT2D eigenvalue weighted by molar-refractivity contribution is 5.65. The van der Waals surface area contributed by atoms with Crippen molar-refractivity contribution in [2.75, 3.05) is 11.9 Å². The predicted octanol–water partition coefficient (Wildman–Crippen LogP) is 1.77. The summed E-state index contributed by atoms with van der Waals surface area (Å²) in [6.45, 7) is 2.80. The van der Waals surface area contributed by atoms with Crippen LogP contribution in [-0.2, 0) is 7.05 Å². The number of hydrogen-bond donors (Lipinski definition) is 1. The first-order chi connectivity index (χ1) is 10.3. The molecule has 1 N–H and O–H groups in total. The van der Waals surface area contributed by atoms with E-state index in [1.807, 2.05) is 26.2 Å². The average molecular weight is 281 g/mol. The number of hydrogen-bond acceptors (Lipinski definition) is 6. The van der Waals surface area contributed by atoms with E-state index in [4.69, 9.17) is 0 Å². The standard InChI is InChI=1S/C14H15N7/c1-3-16-13-6-11(10-7-18-21(2)9-10)19-14(20-13)12-8-15-4-5-17-12/h4-9H,3H2,1-2H3,(H,16,19,20). The van der Waals surface area contributed by atoms with Gasteiger partial charge in [-0.25, -0.2) is 15.0 Å². The highest BCUT2D eigenvalue weighted by Gasteiger charge is 2.10. The third-order valence-electron chi connectivity index (χ3n) is 2.88. The Bertz CT molecular complexity index is 736. The molecule has 106 valence electrons. The van der Waals surface area contributed by atoms with Crippen molar-refractivity contribution in [1.29, 1.82) is 0 Å². The topological polar surface area (TPSA) is 81.4 Å². The lowest BCUT2D eigenvalue weighted by atomic mass is 10.2. The van der Waals surface area contributed by atoms with Crippen molar-refractivity contribution in [3.8, 4) is 22.8 Å². The van der Waals surface area contributed by atoms with Crippen molar-refractivity contribution in [2.45, 2.75) is 6.92 Å². The van der Waals surface area contributed by atoms with Gasteiger partial charge in [-0.1, -0.05) is 0 Å². The van der Waals surface area contributed by atoms with Gasteiger partial charge in [-0.3, -0.25) is 9.67 Å². The van der Waals surface area contributed by atoms with E-state index in [0.29, 0.717) is 11.5 Å². The average Bonchev–Trinajstić information content (AvgIpc) is 2.95. The van der Waals surface area contributed by atoms with Crippen LogP contribution in [0.4, 0.5) is 5.82 Å². The zero-order chi connectivity index (χ0) is 14.7. The molecule has 0 unspecified atom stereocenters. The van der Waals surface area contributed by atoms with Crippen LogP contribution < -0.4 is 5.32 Å². The monoisotopic (exact) mass is 281 g/mol. The van der Waals surface area contributed by atoms with E-state index in [1.165, 1.54) is 0 Å². The minimum atomic E-state index is 0.542. The van der Waals surface area contributed by atoms with Gasteiger partial charge in [0.2, 0.25) is 0 Å². The molecule has 7 nitrogen and oxygen atoms in total. The lowest BCUT2D eigenvalue weighted by Gasteiger charge is -2.07. The lowest BCUT2D eigenvalue weighted by molar-refractivity contribution is 0.768. The van der Waals surface area contributed by atoms with Gasteiger partial charge in [-0.2, -0.15) is 5.10 Å². The fourth-order valence-electron chi connectivity index (χ4n) is 1.95. The smallest absolute Gasteiger partial charge is 0.182 e. The molecule has 3 aromatic rings. The van der Waals surface area contributed by atoms with Gasteiger partial charge in [0.1, 0.15) is 11.5 Å². The van der Waals surface area contributed by atoms with E-state index in [-0.39, 0.29) is 0 Å². The number of anilines is 1. The first-order valence-corrected chi connectivity index (χ1v) is 6.64. The molecule has 0 aliphatic rings. The van der Waals surface area contributed by atoms with Crippen LogP contribution in [0, 0.1) is 0 Å². The summed E-state index contributed by atoms with van der Waals surface area (Å²) >= 11 is 0. The maximum atomic E-state index is 4.56. The highest BCUT2D eigenvalue weighted by Crippen LogP contribution is 2.22. The van der Waals surface area contributed by atoms with E-state index >= 15 is 0 Å². The molecule has 3 aromatic heterocycles. The molecule has 21 heavy (non-hydrogen) atoms. The molecule has 0 saturated carbocycles. The minimum absolute atomic E-state index is 0.542. The molecule has 3 rings (SSSR count). The van der Waals surface area contributed by atoms with Crippen LogP contribution in [0.5, 0.6) is 0 Å². The number of nitrogens with one attached hydrogen (secondary N) is 1. The van der Waals surface area contributed by atoms with Crippen molar-refractivity contribution in [3.63, 3.8) is 0 Å². The van der Waals surface area contributed by atoms with Crippen molar-refractivity contribution in [3.05, 3.63) is 37.1 Å². The van der Waals surface area contributed by atoms with Crippen molar-refractivity contribution in [2.24, 2.45) is 7.05 Å². The van der Waals surface area contributed by atoms with Crippen LogP contribution in [-0.4, -0.2) is 36.3 Å². The fourth-order valence-corrected chi connectivity index (χ4v) is 1.95. The normalized spacial score (nSPS) is 10.6. The van der Waals surface area contributed by atoms with Crippen LogP contribution >= 0.6 is 0 Å². The zero-order valence-corrected chi connectivity index (χ0v) is 11.9. The summed E-state index contributed by atoms with van der Waals surface area (Å²) in [5, 5.41) is 7.39. The molecule has 0 atom stereocenters. The molecule has 0 bridgehead atoms. The van der Waals surface area contributed by atoms with Crippen LogP contribution in [0.25, 0.3) is 22.8 Å². The minimum Gasteiger partial charge on any atom is -0.370 e. The van der Waals surface area contributed by atoms with Gasteiger partial charge < -0.3 is 5.32 Å². The number of aryl methyl sites for hydroxylation is 1. The Morgan fingerprint density at radius 3 is 2.71 bits per heavy atom. The maximum Gasteiger partial charge on any atom is 0.182 e. The van der Waals surface area contributed by atoms with E-state index < -0.39 is 0 Å². The summed E-state index contributed by atoms with van der Waals surface area (Å²) < 4.78 is 1.74. The molecule has 0 aliphatic carbocycles.